The Hall–Kier alpha value is -1.17. The van der Waals surface area contributed by atoms with Gasteiger partial charge in [-0.3, -0.25) is 9.69 Å². The van der Waals surface area contributed by atoms with Crippen LogP contribution in [0.2, 0.25) is 0 Å². The fraction of sp³-hybridized carbons (Fsp3) is 0.562. The lowest BCUT2D eigenvalue weighted by atomic mass is 10.0. The topological polar surface area (TPSA) is 35.6 Å². The van der Waals surface area contributed by atoms with E-state index in [1.807, 2.05) is 29.0 Å². The number of nitrogens with zero attached hydrogens (tertiary/aromatic N) is 2. The van der Waals surface area contributed by atoms with Gasteiger partial charge in [0.05, 0.1) is 6.54 Å². The first-order valence-electron chi connectivity index (χ1n) is 7.49. The number of benzene rings is 1. The molecule has 1 saturated heterocycles. The summed E-state index contributed by atoms with van der Waals surface area (Å²) in [7, 11) is 1.96. The highest BCUT2D eigenvalue weighted by Gasteiger charge is 2.18. The highest BCUT2D eigenvalue weighted by molar-refractivity contribution is 5.85. The lowest BCUT2D eigenvalue weighted by molar-refractivity contribution is -0.132. The summed E-state index contributed by atoms with van der Waals surface area (Å²) in [4.78, 5) is 16.1. The van der Waals surface area contributed by atoms with Crippen LogP contribution < -0.4 is 5.32 Å². The van der Waals surface area contributed by atoms with E-state index in [-0.39, 0.29) is 30.0 Å². The summed E-state index contributed by atoms with van der Waals surface area (Å²) in [6, 6.07) is 6.59. The average molecular weight is 330 g/mol. The molecule has 1 fully saturated rings. The van der Waals surface area contributed by atoms with Crippen molar-refractivity contribution in [1.29, 1.82) is 0 Å². The molecular formula is C16H25ClFN3O. The summed E-state index contributed by atoms with van der Waals surface area (Å²) in [6.07, 6.45) is 0. The average Bonchev–Trinajstić information content (AvgIpc) is 2.48. The number of piperazine rings is 1. The molecule has 0 aliphatic carbocycles. The molecule has 1 atom stereocenters. The highest BCUT2D eigenvalue weighted by atomic mass is 35.5. The normalized spacial score (nSPS) is 16.3. The summed E-state index contributed by atoms with van der Waals surface area (Å²) in [5.41, 5.74) is 1.10. The third-order valence-electron chi connectivity index (χ3n) is 3.90. The summed E-state index contributed by atoms with van der Waals surface area (Å²) >= 11 is 0. The number of hydrogen-bond donors (Lipinski definition) is 1. The van der Waals surface area contributed by atoms with Crippen molar-refractivity contribution < 1.29 is 9.18 Å². The van der Waals surface area contributed by atoms with Gasteiger partial charge in [0.15, 0.2) is 0 Å². The molecule has 0 aromatic heterocycles. The van der Waals surface area contributed by atoms with Crippen LogP contribution in [0.25, 0.3) is 0 Å². The first kappa shape index (κ1) is 18.9. The molecule has 0 radical (unpaired) electrons. The Bertz CT molecular complexity index is 463. The third kappa shape index (κ3) is 5.55. The zero-order valence-corrected chi connectivity index (χ0v) is 14.0. The molecule has 1 N–H and O–H groups in total. The van der Waals surface area contributed by atoms with Crippen molar-refractivity contribution >= 4 is 18.3 Å². The van der Waals surface area contributed by atoms with Crippen LogP contribution in [-0.4, -0.2) is 62.0 Å². The van der Waals surface area contributed by atoms with E-state index >= 15 is 0 Å². The number of likely N-dealkylation sites (N-methyl/N-ethyl adjacent to an activating group) is 1. The third-order valence-corrected chi connectivity index (χ3v) is 3.90. The maximum absolute atomic E-state index is 12.9. The number of nitrogens with one attached hydrogen (secondary N) is 1. The van der Waals surface area contributed by atoms with E-state index in [4.69, 9.17) is 0 Å². The van der Waals surface area contributed by atoms with Gasteiger partial charge >= 0.3 is 0 Å². The molecule has 124 valence electrons. The van der Waals surface area contributed by atoms with Crippen LogP contribution in [0.15, 0.2) is 24.3 Å². The molecule has 0 bridgehead atoms. The number of carbonyl (C=O) groups is 1. The molecule has 1 aliphatic rings. The van der Waals surface area contributed by atoms with Gasteiger partial charge < -0.3 is 10.2 Å². The van der Waals surface area contributed by atoms with Gasteiger partial charge in [0, 0.05) is 32.7 Å². The summed E-state index contributed by atoms with van der Waals surface area (Å²) < 4.78 is 12.9. The minimum atomic E-state index is -0.215. The molecule has 1 aliphatic heterocycles. The van der Waals surface area contributed by atoms with Crippen LogP contribution in [0.3, 0.4) is 0 Å². The van der Waals surface area contributed by atoms with Crippen LogP contribution >= 0.6 is 12.4 Å². The van der Waals surface area contributed by atoms with Crippen molar-refractivity contribution in [1.82, 2.24) is 15.1 Å². The van der Waals surface area contributed by atoms with Crippen LogP contribution in [0.1, 0.15) is 18.4 Å². The second kappa shape index (κ2) is 9.08. The monoisotopic (exact) mass is 329 g/mol. The van der Waals surface area contributed by atoms with Gasteiger partial charge in [-0.1, -0.05) is 19.1 Å². The molecule has 6 heteroatoms. The second-order valence-electron chi connectivity index (χ2n) is 5.78. The maximum atomic E-state index is 12.9. The van der Waals surface area contributed by atoms with Gasteiger partial charge in [-0.2, -0.15) is 0 Å². The number of amides is 1. The predicted octanol–water partition coefficient (Wildman–Crippen LogP) is 1.71. The smallest absolute Gasteiger partial charge is 0.236 e. The Morgan fingerprint density at radius 2 is 1.91 bits per heavy atom. The van der Waals surface area contributed by atoms with Crippen LogP contribution in [-0.2, 0) is 4.79 Å². The molecular weight excluding hydrogens is 305 g/mol. The van der Waals surface area contributed by atoms with Crippen molar-refractivity contribution in [2.24, 2.45) is 0 Å². The van der Waals surface area contributed by atoms with Gasteiger partial charge in [0.1, 0.15) is 5.82 Å². The number of rotatable bonds is 5. The van der Waals surface area contributed by atoms with Crippen LogP contribution in [0.5, 0.6) is 0 Å². The molecule has 2 rings (SSSR count). The van der Waals surface area contributed by atoms with Crippen molar-refractivity contribution in [3.8, 4) is 0 Å². The lowest BCUT2D eigenvalue weighted by Gasteiger charge is -2.30. The molecule has 1 aromatic carbocycles. The van der Waals surface area contributed by atoms with E-state index in [1.54, 1.807) is 0 Å². The van der Waals surface area contributed by atoms with Gasteiger partial charge in [-0.15, -0.1) is 12.4 Å². The molecule has 4 nitrogen and oxygen atoms in total. The van der Waals surface area contributed by atoms with Crippen molar-refractivity contribution in [3.05, 3.63) is 35.6 Å². The fourth-order valence-corrected chi connectivity index (χ4v) is 2.67. The number of halogens is 2. The minimum absolute atomic E-state index is 0. The molecule has 1 heterocycles. The molecule has 1 amide bonds. The van der Waals surface area contributed by atoms with Crippen molar-refractivity contribution in [2.75, 3.05) is 46.3 Å². The fourth-order valence-electron chi connectivity index (χ4n) is 2.67. The molecule has 0 saturated carbocycles. The standard InChI is InChI=1S/C16H24FN3O.ClH/c1-13(14-3-5-15(17)6-4-14)11-19(2)12-16(21)20-9-7-18-8-10-20;/h3-6,13,18H,7-12H2,1-2H3;1H. The van der Waals surface area contributed by atoms with E-state index in [9.17, 15) is 9.18 Å². The maximum Gasteiger partial charge on any atom is 0.236 e. The second-order valence-corrected chi connectivity index (χ2v) is 5.78. The van der Waals surface area contributed by atoms with Gasteiger partial charge in [-0.25, -0.2) is 4.39 Å². The van der Waals surface area contributed by atoms with E-state index in [2.05, 4.69) is 12.2 Å². The highest BCUT2D eigenvalue weighted by Crippen LogP contribution is 2.16. The summed E-state index contributed by atoms with van der Waals surface area (Å²) in [5, 5.41) is 3.24. The van der Waals surface area contributed by atoms with Gasteiger partial charge in [0.2, 0.25) is 5.91 Å². The zero-order chi connectivity index (χ0) is 15.2. The molecule has 0 spiro atoms. The van der Waals surface area contributed by atoms with Crippen molar-refractivity contribution in [3.63, 3.8) is 0 Å². The Kier molecular flexibility index (Phi) is 7.79. The van der Waals surface area contributed by atoms with E-state index in [1.165, 1.54) is 12.1 Å². The van der Waals surface area contributed by atoms with Gasteiger partial charge in [0.25, 0.3) is 0 Å². The molecule has 22 heavy (non-hydrogen) atoms. The summed E-state index contributed by atoms with van der Waals surface area (Å²) in [6.45, 7) is 6.65. The lowest BCUT2D eigenvalue weighted by Crippen LogP contribution is -2.49. The van der Waals surface area contributed by atoms with Crippen LogP contribution in [0.4, 0.5) is 4.39 Å². The quantitative estimate of drug-likeness (QED) is 0.893. The zero-order valence-electron chi connectivity index (χ0n) is 13.2. The largest absolute Gasteiger partial charge is 0.339 e. The van der Waals surface area contributed by atoms with Crippen molar-refractivity contribution in [2.45, 2.75) is 12.8 Å². The molecule has 1 aromatic rings. The number of hydrogen-bond acceptors (Lipinski definition) is 3. The first-order chi connectivity index (χ1) is 10.1. The Morgan fingerprint density at radius 1 is 1.32 bits per heavy atom. The van der Waals surface area contributed by atoms with Gasteiger partial charge in [-0.05, 0) is 30.7 Å². The SMILES string of the molecule is CC(CN(C)CC(=O)N1CCNCC1)c1ccc(F)cc1.Cl. The minimum Gasteiger partial charge on any atom is -0.339 e. The Morgan fingerprint density at radius 3 is 2.50 bits per heavy atom. The predicted molar refractivity (Wildman–Crippen MR) is 89.0 cm³/mol. The van der Waals surface area contributed by atoms with Crippen LogP contribution in [0, 0.1) is 5.82 Å². The number of carbonyl (C=O) groups excluding carboxylic acids is 1. The first-order valence-corrected chi connectivity index (χ1v) is 7.49. The Balaban J connectivity index is 0.00000242. The summed E-state index contributed by atoms with van der Waals surface area (Å²) in [5.74, 6) is 0.241. The Labute approximate surface area is 138 Å². The van der Waals surface area contributed by atoms with E-state index < -0.39 is 0 Å². The van der Waals surface area contributed by atoms with E-state index in [0.717, 1.165) is 38.3 Å². The molecule has 1 unspecified atom stereocenters. The van der Waals surface area contributed by atoms with E-state index in [0.29, 0.717) is 6.54 Å².